The predicted molar refractivity (Wildman–Crippen MR) is 78.7 cm³/mol. The van der Waals surface area contributed by atoms with Gasteiger partial charge in [0.2, 0.25) is 0 Å². The topological polar surface area (TPSA) is 38.5 Å². The van der Waals surface area contributed by atoms with Crippen LogP contribution in [0.1, 0.15) is 37.2 Å². The molecule has 0 aromatic heterocycles. The number of fused-ring (bicyclic) bond motifs is 1. The van der Waals surface area contributed by atoms with Crippen LogP contribution < -0.4 is 10.6 Å². The molecular formula is C16H24N2O. The lowest BCUT2D eigenvalue weighted by atomic mass is 9.98. The van der Waals surface area contributed by atoms with Crippen molar-refractivity contribution in [1.82, 2.24) is 0 Å². The monoisotopic (exact) mass is 260 g/mol. The number of benzene rings is 1. The van der Waals surface area contributed by atoms with Gasteiger partial charge < -0.3 is 15.4 Å². The molecule has 2 aliphatic rings. The molecule has 3 nitrogen and oxygen atoms in total. The van der Waals surface area contributed by atoms with Crippen molar-refractivity contribution in [2.24, 2.45) is 5.73 Å². The van der Waals surface area contributed by atoms with Crippen LogP contribution in [0.4, 0.5) is 5.69 Å². The van der Waals surface area contributed by atoms with Crippen molar-refractivity contribution in [2.75, 3.05) is 31.1 Å². The summed E-state index contributed by atoms with van der Waals surface area (Å²) in [6.07, 6.45) is 5.20. The average molecular weight is 260 g/mol. The van der Waals surface area contributed by atoms with Crippen LogP contribution in [-0.4, -0.2) is 32.3 Å². The fourth-order valence-corrected chi connectivity index (χ4v) is 3.42. The maximum atomic E-state index is 5.75. The second-order valence-corrected chi connectivity index (χ2v) is 5.70. The van der Waals surface area contributed by atoms with Crippen LogP contribution in [0.5, 0.6) is 0 Å². The number of rotatable bonds is 5. The molecule has 3 rings (SSSR count). The maximum absolute atomic E-state index is 5.75. The van der Waals surface area contributed by atoms with Gasteiger partial charge in [0.15, 0.2) is 0 Å². The minimum absolute atomic E-state index is 0.487. The fraction of sp³-hybridized carbons (Fsp3) is 0.625. The number of anilines is 1. The van der Waals surface area contributed by atoms with Gasteiger partial charge in [-0.15, -0.1) is 0 Å². The first-order valence-electron chi connectivity index (χ1n) is 7.54. The summed E-state index contributed by atoms with van der Waals surface area (Å²) in [4.78, 5) is 2.53. The maximum Gasteiger partial charge on any atom is 0.0592 e. The van der Waals surface area contributed by atoms with Crippen molar-refractivity contribution in [3.8, 4) is 0 Å². The Hall–Kier alpha value is -1.06. The van der Waals surface area contributed by atoms with Crippen LogP contribution in [0.15, 0.2) is 24.3 Å². The van der Waals surface area contributed by atoms with Crippen LogP contribution in [0.2, 0.25) is 0 Å². The van der Waals surface area contributed by atoms with Gasteiger partial charge in [-0.2, -0.15) is 0 Å². The lowest BCUT2D eigenvalue weighted by molar-refractivity contribution is 0.106. The van der Waals surface area contributed by atoms with E-state index in [9.17, 15) is 0 Å². The van der Waals surface area contributed by atoms with E-state index in [1.807, 2.05) is 0 Å². The van der Waals surface area contributed by atoms with E-state index in [1.54, 1.807) is 0 Å². The van der Waals surface area contributed by atoms with Gasteiger partial charge in [-0.1, -0.05) is 18.2 Å². The minimum atomic E-state index is 0.487. The number of hydrogen-bond donors (Lipinski definition) is 1. The average Bonchev–Trinajstić information content (AvgIpc) is 3.06. The molecule has 1 aromatic carbocycles. The van der Waals surface area contributed by atoms with E-state index in [1.165, 1.54) is 24.1 Å². The summed E-state index contributed by atoms with van der Waals surface area (Å²) in [6.45, 7) is 3.97. The van der Waals surface area contributed by atoms with Crippen molar-refractivity contribution >= 4 is 5.69 Å². The highest BCUT2D eigenvalue weighted by Gasteiger charge is 2.28. The number of hydrogen-bond acceptors (Lipinski definition) is 3. The van der Waals surface area contributed by atoms with Crippen molar-refractivity contribution in [1.29, 1.82) is 0 Å². The van der Waals surface area contributed by atoms with Gasteiger partial charge in [-0.3, -0.25) is 0 Å². The minimum Gasteiger partial charge on any atom is -0.378 e. The Morgan fingerprint density at radius 2 is 2.16 bits per heavy atom. The molecule has 1 saturated heterocycles. The molecule has 0 radical (unpaired) electrons. The zero-order valence-electron chi connectivity index (χ0n) is 11.6. The van der Waals surface area contributed by atoms with Gasteiger partial charge >= 0.3 is 0 Å². The van der Waals surface area contributed by atoms with Crippen LogP contribution in [0.25, 0.3) is 0 Å². The standard InChI is InChI=1S/C16H24N2O/c17-9-7-13-12-18(10-8-14-4-3-11-19-14)16-6-2-1-5-15(13)16/h1-2,5-6,13-14H,3-4,7-12,17H2. The SMILES string of the molecule is NCCC1CN(CCC2CCCO2)c2ccccc21. The summed E-state index contributed by atoms with van der Waals surface area (Å²) in [5, 5.41) is 0. The highest BCUT2D eigenvalue weighted by molar-refractivity contribution is 5.60. The van der Waals surface area contributed by atoms with Gasteiger partial charge in [-0.25, -0.2) is 0 Å². The molecule has 0 spiro atoms. The number of nitrogens with two attached hydrogens (primary N) is 1. The summed E-state index contributed by atoms with van der Waals surface area (Å²) in [5.41, 5.74) is 8.65. The molecule has 1 fully saturated rings. The summed E-state index contributed by atoms with van der Waals surface area (Å²) in [5.74, 6) is 0.616. The van der Waals surface area contributed by atoms with E-state index in [2.05, 4.69) is 29.2 Å². The van der Waals surface area contributed by atoms with Crippen LogP contribution in [0, 0.1) is 0 Å². The molecule has 0 aliphatic carbocycles. The zero-order valence-corrected chi connectivity index (χ0v) is 11.6. The number of nitrogens with zero attached hydrogens (tertiary/aromatic N) is 1. The van der Waals surface area contributed by atoms with E-state index in [0.29, 0.717) is 12.0 Å². The zero-order chi connectivity index (χ0) is 13.1. The van der Waals surface area contributed by atoms with Crippen molar-refractivity contribution in [2.45, 2.75) is 37.7 Å². The number of ether oxygens (including phenoxy) is 1. The first kappa shape index (κ1) is 12.9. The quantitative estimate of drug-likeness (QED) is 0.884. The Balaban J connectivity index is 1.65. The molecule has 0 saturated carbocycles. The highest BCUT2D eigenvalue weighted by atomic mass is 16.5. The molecule has 19 heavy (non-hydrogen) atoms. The molecule has 104 valence electrons. The first-order chi connectivity index (χ1) is 9.38. The Morgan fingerprint density at radius 3 is 2.95 bits per heavy atom. The summed E-state index contributed by atoms with van der Waals surface area (Å²) >= 11 is 0. The third-order valence-electron chi connectivity index (χ3n) is 4.42. The van der Waals surface area contributed by atoms with Gasteiger partial charge in [0.25, 0.3) is 0 Å². The molecule has 0 amide bonds. The Labute approximate surface area is 115 Å². The van der Waals surface area contributed by atoms with Gasteiger partial charge in [0.1, 0.15) is 0 Å². The normalized spacial score (nSPS) is 25.8. The smallest absolute Gasteiger partial charge is 0.0592 e. The molecule has 2 N–H and O–H groups in total. The van der Waals surface area contributed by atoms with Crippen LogP contribution in [0.3, 0.4) is 0 Å². The second-order valence-electron chi connectivity index (χ2n) is 5.70. The second kappa shape index (κ2) is 5.93. The third kappa shape index (κ3) is 2.77. The predicted octanol–water partition coefficient (Wildman–Crippen LogP) is 2.51. The molecule has 2 aliphatic heterocycles. The summed E-state index contributed by atoms with van der Waals surface area (Å²) in [7, 11) is 0. The van der Waals surface area contributed by atoms with Crippen molar-refractivity contribution < 1.29 is 4.74 Å². The highest BCUT2D eigenvalue weighted by Crippen LogP contribution is 2.37. The molecule has 2 atom stereocenters. The molecule has 2 heterocycles. The van der Waals surface area contributed by atoms with E-state index in [4.69, 9.17) is 10.5 Å². The summed E-state index contributed by atoms with van der Waals surface area (Å²) < 4.78 is 5.73. The van der Waals surface area contributed by atoms with Crippen molar-refractivity contribution in [3.63, 3.8) is 0 Å². The fourth-order valence-electron chi connectivity index (χ4n) is 3.42. The van der Waals surface area contributed by atoms with E-state index >= 15 is 0 Å². The van der Waals surface area contributed by atoms with E-state index < -0.39 is 0 Å². The lowest BCUT2D eigenvalue weighted by Crippen LogP contribution is -2.26. The third-order valence-corrected chi connectivity index (χ3v) is 4.42. The molecule has 1 aromatic rings. The van der Waals surface area contributed by atoms with Gasteiger partial charge in [0, 0.05) is 31.3 Å². The Bertz CT molecular complexity index is 415. The Morgan fingerprint density at radius 1 is 1.26 bits per heavy atom. The molecule has 2 unspecified atom stereocenters. The van der Waals surface area contributed by atoms with Crippen molar-refractivity contribution in [3.05, 3.63) is 29.8 Å². The molecule has 0 bridgehead atoms. The van der Waals surface area contributed by atoms with Gasteiger partial charge in [0.05, 0.1) is 6.10 Å². The summed E-state index contributed by atoms with van der Waals surface area (Å²) in [6, 6.07) is 8.80. The largest absolute Gasteiger partial charge is 0.378 e. The van der Waals surface area contributed by atoms with E-state index in [-0.39, 0.29) is 0 Å². The van der Waals surface area contributed by atoms with Crippen LogP contribution in [-0.2, 0) is 4.74 Å². The lowest BCUT2D eigenvalue weighted by Gasteiger charge is -2.21. The molecular weight excluding hydrogens is 236 g/mol. The molecule has 3 heteroatoms. The van der Waals surface area contributed by atoms with E-state index in [0.717, 1.165) is 39.1 Å². The van der Waals surface area contributed by atoms with Gasteiger partial charge in [-0.05, 0) is 43.9 Å². The van der Waals surface area contributed by atoms with Crippen LogP contribution >= 0.6 is 0 Å². The number of para-hydroxylation sites is 1. The Kier molecular flexibility index (Phi) is 4.04. The first-order valence-corrected chi connectivity index (χ1v) is 7.54.